The minimum absolute atomic E-state index is 0.0284. The van der Waals surface area contributed by atoms with Gasteiger partial charge in [-0.25, -0.2) is 24.9 Å². The summed E-state index contributed by atoms with van der Waals surface area (Å²) in [7, 11) is 3.72. The maximum atomic E-state index is 14.0. The van der Waals surface area contributed by atoms with Crippen LogP contribution in [0.15, 0.2) is 30.6 Å². The molecule has 3 aliphatic rings. The Labute approximate surface area is 289 Å². The second-order valence-electron chi connectivity index (χ2n) is 14.0. The fraction of sp³-hybridized carbons (Fsp3) is 0.556. The van der Waals surface area contributed by atoms with Crippen LogP contribution in [0.4, 0.5) is 24.7 Å². The van der Waals surface area contributed by atoms with Crippen LogP contribution in [0, 0.1) is 11.3 Å². The highest BCUT2D eigenvalue weighted by molar-refractivity contribution is 5.91. The zero-order valence-corrected chi connectivity index (χ0v) is 28.7. The SMILES string of the molecule is CCOC(=O)C1CCN(c2cnc(-c3nc4nc(-c5cc(C6CC6)nc(C(F)(F)F)c5)cc(N(C)CC5(COC)CCCC5)c4[nH]3)cn2)CC1. The number of ether oxygens (including phenoxy) is 2. The summed E-state index contributed by atoms with van der Waals surface area (Å²) < 4.78 is 52.9. The third-order valence-electron chi connectivity index (χ3n) is 10.3. The first-order chi connectivity index (χ1) is 24.1. The van der Waals surface area contributed by atoms with E-state index in [-0.39, 0.29) is 23.2 Å². The van der Waals surface area contributed by atoms with Gasteiger partial charge in [-0.05, 0) is 63.6 Å². The zero-order chi connectivity index (χ0) is 35.0. The fourth-order valence-corrected chi connectivity index (χ4v) is 7.55. The first-order valence-corrected chi connectivity index (χ1v) is 17.5. The van der Waals surface area contributed by atoms with Gasteiger partial charge in [0, 0.05) is 56.4 Å². The molecule has 4 aromatic heterocycles. The number of piperidine rings is 1. The van der Waals surface area contributed by atoms with E-state index in [1.54, 1.807) is 25.6 Å². The Kier molecular flexibility index (Phi) is 9.40. The highest BCUT2D eigenvalue weighted by Crippen LogP contribution is 2.44. The monoisotopic (exact) mass is 692 g/mol. The molecule has 0 aromatic carbocycles. The molecule has 2 saturated carbocycles. The van der Waals surface area contributed by atoms with Gasteiger partial charge < -0.3 is 24.3 Å². The Morgan fingerprint density at radius 3 is 2.42 bits per heavy atom. The van der Waals surface area contributed by atoms with Crippen molar-refractivity contribution in [2.24, 2.45) is 11.3 Å². The number of H-pyrrole nitrogens is 1. The molecule has 2 aliphatic carbocycles. The number of nitrogens with one attached hydrogen (secondary N) is 1. The van der Waals surface area contributed by atoms with Crippen molar-refractivity contribution in [2.45, 2.75) is 70.4 Å². The number of esters is 1. The van der Waals surface area contributed by atoms with E-state index in [0.717, 1.165) is 50.3 Å². The molecule has 3 fully saturated rings. The lowest BCUT2D eigenvalue weighted by atomic mass is 9.86. The maximum Gasteiger partial charge on any atom is 0.433 e. The quantitative estimate of drug-likeness (QED) is 0.168. The molecule has 4 aromatic rings. The smallest absolute Gasteiger partial charge is 0.433 e. The summed E-state index contributed by atoms with van der Waals surface area (Å²) in [6.07, 6.45) is 6.11. The lowest BCUT2D eigenvalue weighted by molar-refractivity contribution is -0.148. The van der Waals surface area contributed by atoms with Gasteiger partial charge in [-0.15, -0.1) is 0 Å². The van der Waals surface area contributed by atoms with E-state index >= 15 is 0 Å². The van der Waals surface area contributed by atoms with E-state index in [2.05, 4.69) is 29.7 Å². The summed E-state index contributed by atoms with van der Waals surface area (Å²) in [5.41, 5.74) is 2.57. The molecular formula is C36H43F3N8O3. The second kappa shape index (κ2) is 13.8. The zero-order valence-electron chi connectivity index (χ0n) is 28.7. The molecular weight excluding hydrogens is 649 g/mol. The summed E-state index contributed by atoms with van der Waals surface area (Å²) in [4.78, 5) is 42.8. The summed E-state index contributed by atoms with van der Waals surface area (Å²) in [5.74, 6) is 0.934. The topological polar surface area (TPSA) is 122 Å². The van der Waals surface area contributed by atoms with Gasteiger partial charge in [0.1, 0.15) is 22.7 Å². The summed E-state index contributed by atoms with van der Waals surface area (Å²) >= 11 is 0. The van der Waals surface area contributed by atoms with Crippen molar-refractivity contribution < 1.29 is 27.4 Å². The predicted molar refractivity (Wildman–Crippen MR) is 183 cm³/mol. The van der Waals surface area contributed by atoms with Gasteiger partial charge in [0.05, 0.1) is 42.9 Å². The van der Waals surface area contributed by atoms with E-state index in [1.807, 2.05) is 20.0 Å². The molecule has 0 spiro atoms. The Bertz CT molecular complexity index is 1830. The highest BCUT2D eigenvalue weighted by Gasteiger charge is 2.37. The Hall–Kier alpha value is -4.33. The van der Waals surface area contributed by atoms with Crippen LogP contribution < -0.4 is 9.80 Å². The van der Waals surface area contributed by atoms with Crippen molar-refractivity contribution >= 4 is 28.6 Å². The molecule has 266 valence electrons. The van der Waals surface area contributed by atoms with Crippen molar-refractivity contribution in [1.82, 2.24) is 29.9 Å². The van der Waals surface area contributed by atoms with Crippen LogP contribution in [0.5, 0.6) is 0 Å². The molecule has 0 unspecified atom stereocenters. The number of hydrogen-bond acceptors (Lipinski definition) is 10. The lowest BCUT2D eigenvalue weighted by Gasteiger charge is -2.34. The summed E-state index contributed by atoms with van der Waals surface area (Å²) in [6, 6.07) is 4.67. The van der Waals surface area contributed by atoms with Gasteiger partial charge in [0.2, 0.25) is 0 Å². The van der Waals surface area contributed by atoms with Crippen LogP contribution in [0.25, 0.3) is 33.9 Å². The molecule has 0 atom stereocenters. The number of imidazole rings is 1. The Morgan fingerprint density at radius 2 is 1.78 bits per heavy atom. The third kappa shape index (κ3) is 7.12. The van der Waals surface area contributed by atoms with E-state index in [1.165, 1.54) is 0 Å². The standard InChI is InChI=1S/C36H43F3N8O3/c1-4-50-34(48)23-9-13-47(14-10-23)30-19-40-27(18-41-30)32-44-31-28(46(2)20-35(21-49-3)11-5-6-12-35)17-26(43-33(31)45-32)24-15-25(22-7-8-22)42-29(16-24)36(37,38)39/h15-19,22-23H,4-14,20-21H2,1-3H3,(H,43,44,45). The number of nitrogens with zero attached hydrogens (tertiary/aromatic N) is 7. The molecule has 50 heavy (non-hydrogen) atoms. The molecule has 1 aliphatic heterocycles. The normalized spacial score (nSPS) is 18.2. The number of hydrogen-bond donors (Lipinski definition) is 1. The van der Waals surface area contributed by atoms with E-state index < -0.39 is 11.9 Å². The van der Waals surface area contributed by atoms with Gasteiger partial charge in [-0.1, -0.05) is 12.8 Å². The molecule has 0 bridgehead atoms. The van der Waals surface area contributed by atoms with E-state index in [4.69, 9.17) is 19.4 Å². The number of aromatic amines is 1. The minimum atomic E-state index is -4.58. The molecule has 11 nitrogen and oxygen atoms in total. The van der Waals surface area contributed by atoms with Crippen molar-refractivity contribution in [3.05, 3.63) is 42.0 Å². The third-order valence-corrected chi connectivity index (χ3v) is 10.3. The van der Waals surface area contributed by atoms with Crippen LogP contribution in [0.2, 0.25) is 0 Å². The largest absolute Gasteiger partial charge is 0.466 e. The van der Waals surface area contributed by atoms with Crippen LogP contribution in [-0.4, -0.2) is 82.9 Å². The van der Waals surface area contributed by atoms with E-state index in [9.17, 15) is 18.0 Å². The molecule has 7 rings (SSSR count). The van der Waals surface area contributed by atoms with Crippen molar-refractivity contribution in [3.63, 3.8) is 0 Å². The average molecular weight is 693 g/mol. The van der Waals surface area contributed by atoms with Crippen molar-refractivity contribution in [1.29, 1.82) is 0 Å². The number of rotatable bonds is 11. The van der Waals surface area contributed by atoms with Crippen LogP contribution in [0.3, 0.4) is 0 Å². The van der Waals surface area contributed by atoms with Gasteiger partial charge in [0.15, 0.2) is 11.5 Å². The van der Waals surface area contributed by atoms with Gasteiger partial charge in [-0.2, -0.15) is 13.2 Å². The molecule has 0 radical (unpaired) electrons. The minimum Gasteiger partial charge on any atom is -0.466 e. The van der Waals surface area contributed by atoms with Crippen molar-refractivity contribution in [2.75, 3.05) is 56.8 Å². The van der Waals surface area contributed by atoms with Crippen LogP contribution in [0.1, 0.15) is 75.6 Å². The Balaban J connectivity index is 1.23. The molecule has 14 heteroatoms. The van der Waals surface area contributed by atoms with Crippen LogP contribution >= 0.6 is 0 Å². The number of alkyl halides is 3. The number of aromatic nitrogens is 6. The second-order valence-corrected chi connectivity index (χ2v) is 14.0. The maximum absolute atomic E-state index is 14.0. The number of carbonyl (C=O) groups excluding carboxylic acids is 1. The molecule has 5 heterocycles. The molecule has 0 amide bonds. The number of methoxy groups -OCH3 is 1. The van der Waals surface area contributed by atoms with Crippen LogP contribution in [-0.2, 0) is 20.4 Å². The summed E-state index contributed by atoms with van der Waals surface area (Å²) in [6.45, 7) is 4.85. The fourth-order valence-electron chi connectivity index (χ4n) is 7.55. The first-order valence-electron chi connectivity index (χ1n) is 17.5. The number of carbonyl (C=O) groups is 1. The van der Waals surface area contributed by atoms with Gasteiger partial charge in [0.25, 0.3) is 0 Å². The number of fused-ring (bicyclic) bond motifs is 1. The number of halogens is 3. The highest BCUT2D eigenvalue weighted by atomic mass is 19.4. The molecule has 1 N–H and O–H groups in total. The van der Waals surface area contributed by atoms with Crippen molar-refractivity contribution in [3.8, 4) is 22.8 Å². The number of pyridine rings is 2. The number of anilines is 2. The predicted octanol–water partition coefficient (Wildman–Crippen LogP) is 6.80. The first kappa shape index (κ1) is 34.1. The lowest BCUT2D eigenvalue weighted by Crippen LogP contribution is -2.37. The summed E-state index contributed by atoms with van der Waals surface area (Å²) in [5, 5.41) is 0. The molecule has 1 saturated heterocycles. The van der Waals surface area contributed by atoms with Gasteiger partial charge >= 0.3 is 12.1 Å². The van der Waals surface area contributed by atoms with Gasteiger partial charge in [-0.3, -0.25) is 4.79 Å². The Morgan fingerprint density at radius 1 is 1.02 bits per heavy atom. The average Bonchev–Trinajstić information content (AvgIpc) is 3.72. The van der Waals surface area contributed by atoms with E-state index in [0.29, 0.717) is 91.1 Å².